The Labute approximate surface area is 122 Å². The summed E-state index contributed by atoms with van der Waals surface area (Å²) < 4.78 is 5.72. The fraction of sp³-hybridized carbons (Fsp3) is 0.765. The molecule has 1 aromatic heterocycles. The van der Waals surface area contributed by atoms with E-state index in [-0.39, 0.29) is 0 Å². The highest BCUT2D eigenvalue weighted by Gasteiger charge is 2.38. The van der Waals surface area contributed by atoms with Crippen LogP contribution in [-0.2, 0) is 0 Å². The first kappa shape index (κ1) is 14.2. The first-order chi connectivity index (χ1) is 9.81. The Morgan fingerprint density at radius 3 is 2.60 bits per heavy atom. The van der Waals surface area contributed by atoms with Gasteiger partial charge in [0.05, 0.1) is 12.3 Å². The summed E-state index contributed by atoms with van der Waals surface area (Å²) in [4.78, 5) is 2.73. The second kappa shape index (κ2) is 6.31. The fourth-order valence-corrected chi connectivity index (χ4v) is 4.23. The lowest BCUT2D eigenvalue weighted by molar-refractivity contribution is 0.0792. The SMILES string of the molecule is CCCN(C1CC2CCC(C1)N2)C(CC)c1ccco1. The predicted molar refractivity (Wildman–Crippen MR) is 81.7 cm³/mol. The fourth-order valence-electron chi connectivity index (χ4n) is 4.23. The lowest BCUT2D eigenvalue weighted by atomic mass is 9.95. The third-order valence-corrected chi connectivity index (χ3v) is 5.06. The zero-order chi connectivity index (χ0) is 13.9. The summed E-state index contributed by atoms with van der Waals surface area (Å²) in [6.07, 6.45) is 9.54. The Hall–Kier alpha value is -0.800. The van der Waals surface area contributed by atoms with E-state index in [4.69, 9.17) is 4.42 Å². The number of hydrogen-bond acceptors (Lipinski definition) is 3. The number of piperidine rings is 1. The average Bonchev–Trinajstić information content (AvgIpc) is 3.09. The largest absolute Gasteiger partial charge is 0.468 e. The van der Waals surface area contributed by atoms with Crippen molar-refractivity contribution in [2.75, 3.05) is 6.54 Å². The molecule has 0 aromatic carbocycles. The second-order valence-corrected chi connectivity index (χ2v) is 6.44. The third kappa shape index (κ3) is 2.79. The molecule has 0 amide bonds. The molecule has 3 nitrogen and oxygen atoms in total. The highest BCUT2D eigenvalue weighted by atomic mass is 16.3. The Balaban J connectivity index is 1.77. The van der Waals surface area contributed by atoms with Crippen LogP contribution in [0.5, 0.6) is 0 Å². The molecule has 3 heteroatoms. The first-order valence-corrected chi connectivity index (χ1v) is 8.37. The van der Waals surface area contributed by atoms with Crippen molar-refractivity contribution in [3.05, 3.63) is 24.2 Å². The Morgan fingerprint density at radius 1 is 1.30 bits per heavy atom. The maximum atomic E-state index is 5.72. The van der Waals surface area contributed by atoms with E-state index in [1.165, 1.54) is 38.6 Å². The highest BCUT2D eigenvalue weighted by molar-refractivity contribution is 5.06. The Bertz CT molecular complexity index is 391. The number of nitrogens with zero attached hydrogens (tertiary/aromatic N) is 1. The minimum atomic E-state index is 0.451. The van der Waals surface area contributed by atoms with E-state index < -0.39 is 0 Å². The van der Waals surface area contributed by atoms with Crippen LogP contribution in [0.3, 0.4) is 0 Å². The van der Waals surface area contributed by atoms with Crippen molar-refractivity contribution in [2.45, 2.75) is 76.5 Å². The van der Waals surface area contributed by atoms with Crippen LogP contribution in [0.1, 0.15) is 64.2 Å². The number of furan rings is 1. The van der Waals surface area contributed by atoms with E-state index in [2.05, 4.69) is 30.1 Å². The van der Waals surface area contributed by atoms with E-state index in [1.54, 1.807) is 0 Å². The van der Waals surface area contributed by atoms with Crippen molar-refractivity contribution in [1.82, 2.24) is 10.2 Å². The van der Waals surface area contributed by atoms with Gasteiger partial charge in [0, 0.05) is 18.1 Å². The predicted octanol–water partition coefficient (Wildman–Crippen LogP) is 3.73. The van der Waals surface area contributed by atoms with Crippen LogP contribution >= 0.6 is 0 Å². The average molecular weight is 276 g/mol. The van der Waals surface area contributed by atoms with Gasteiger partial charge in [-0.2, -0.15) is 0 Å². The van der Waals surface area contributed by atoms with Gasteiger partial charge in [-0.1, -0.05) is 13.8 Å². The number of nitrogens with one attached hydrogen (secondary N) is 1. The van der Waals surface area contributed by atoms with Crippen LogP contribution in [0.4, 0.5) is 0 Å². The lowest BCUT2D eigenvalue weighted by Gasteiger charge is -2.41. The molecule has 0 radical (unpaired) electrons. The van der Waals surface area contributed by atoms with E-state index >= 15 is 0 Å². The summed E-state index contributed by atoms with van der Waals surface area (Å²) in [5, 5.41) is 3.76. The highest BCUT2D eigenvalue weighted by Crippen LogP contribution is 2.35. The van der Waals surface area contributed by atoms with Gasteiger partial charge in [-0.15, -0.1) is 0 Å². The van der Waals surface area contributed by atoms with Crippen molar-refractivity contribution in [3.8, 4) is 0 Å². The van der Waals surface area contributed by atoms with Gasteiger partial charge < -0.3 is 9.73 Å². The van der Waals surface area contributed by atoms with E-state index in [9.17, 15) is 0 Å². The summed E-state index contributed by atoms with van der Waals surface area (Å²) in [5.74, 6) is 1.15. The van der Waals surface area contributed by atoms with Gasteiger partial charge in [-0.25, -0.2) is 0 Å². The summed E-state index contributed by atoms with van der Waals surface area (Å²) in [6.45, 7) is 5.76. The molecule has 3 rings (SSSR count). The third-order valence-electron chi connectivity index (χ3n) is 5.06. The number of fused-ring (bicyclic) bond motifs is 2. The van der Waals surface area contributed by atoms with Gasteiger partial charge in [0.15, 0.2) is 0 Å². The first-order valence-electron chi connectivity index (χ1n) is 8.37. The maximum Gasteiger partial charge on any atom is 0.120 e. The smallest absolute Gasteiger partial charge is 0.120 e. The molecule has 3 atom stereocenters. The van der Waals surface area contributed by atoms with Gasteiger partial charge in [0.1, 0.15) is 5.76 Å². The maximum absolute atomic E-state index is 5.72. The summed E-state index contributed by atoms with van der Waals surface area (Å²) in [5.41, 5.74) is 0. The van der Waals surface area contributed by atoms with Gasteiger partial charge >= 0.3 is 0 Å². The molecule has 20 heavy (non-hydrogen) atoms. The quantitative estimate of drug-likeness (QED) is 0.858. The number of hydrogen-bond donors (Lipinski definition) is 1. The molecule has 1 N–H and O–H groups in total. The molecule has 1 aromatic rings. The van der Waals surface area contributed by atoms with E-state index in [1.807, 2.05) is 12.3 Å². The summed E-state index contributed by atoms with van der Waals surface area (Å²) >= 11 is 0. The van der Waals surface area contributed by atoms with Crippen molar-refractivity contribution >= 4 is 0 Å². The Morgan fingerprint density at radius 2 is 2.05 bits per heavy atom. The minimum absolute atomic E-state index is 0.451. The molecule has 3 heterocycles. The van der Waals surface area contributed by atoms with Gasteiger partial charge in [0.2, 0.25) is 0 Å². The molecule has 2 bridgehead atoms. The molecule has 2 aliphatic heterocycles. The van der Waals surface area contributed by atoms with Gasteiger partial charge in [0.25, 0.3) is 0 Å². The molecule has 2 aliphatic rings. The minimum Gasteiger partial charge on any atom is -0.468 e. The molecule has 0 saturated carbocycles. The second-order valence-electron chi connectivity index (χ2n) is 6.44. The van der Waals surface area contributed by atoms with Crippen molar-refractivity contribution in [2.24, 2.45) is 0 Å². The summed E-state index contributed by atoms with van der Waals surface area (Å²) in [6, 6.07) is 6.86. The summed E-state index contributed by atoms with van der Waals surface area (Å²) in [7, 11) is 0. The standard InChI is InChI=1S/C17H28N2O/c1-3-9-19(16(4-2)17-6-5-10-20-17)15-11-13-7-8-14(12-15)18-13/h5-6,10,13-16,18H,3-4,7-9,11-12H2,1-2H3. The van der Waals surface area contributed by atoms with Crippen molar-refractivity contribution in [1.29, 1.82) is 0 Å². The van der Waals surface area contributed by atoms with Crippen LogP contribution in [0.2, 0.25) is 0 Å². The molecular weight excluding hydrogens is 248 g/mol. The lowest BCUT2D eigenvalue weighted by Crippen LogP contribution is -2.49. The molecule has 0 spiro atoms. The molecule has 112 valence electrons. The van der Waals surface area contributed by atoms with Crippen LogP contribution in [0.25, 0.3) is 0 Å². The molecular formula is C17H28N2O. The monoisotopic (exact) mass is 276 g/mol. The molecule has 2 fully saturated rings. The molecule has 3 unspecified atom stereocenters. The van der Waals surface area contributed by atoms with Crippen LogP contribution in [0.15, 0.2) is 22.8 Å². The zero-order valence-electron chi connectivity index (χ0n) is 12.8. The van der Waals surface area contributed by atoms with Crippen LogP contribution in [-0.4, -0.2) is 29.6 Å². The van der Waals surface area contributed by atoms with Crippen LogP contribution in [0, 0.1) is 0 Å². The topological polar surface area (TPSA) is 28.4 Å². The van der Waals surface area contributed by atoms with E-state index in [0.717, 1.165) is 30.3 Å². The Kier molecular flexibility index (Phi) is 4.47. The van der Waals surface area contributed by atoms with Gasteiger partial charge in [-0.3, -0.25) is 4.90 Å². The molecule has 2 saturated heterocycles. The van der Waals surface area contributed by atoms with Crippen molar-refractivity contribution in [3.63, 3.8) is 0 Å². The van der Waals surface area contributed by atoms with Crippen molar-refractivity contribution < 1.29 is 4.42 Å². The normalized spacial score (nSPS) is 30.9. The molecule has 0 aliphatic carbocycles. The number of rotatable bonds is 6. The zero-order valence-corrected chi connectivity index (χ0v) is 12.8. The van der Waals surface area contributed by atoms with Crippen LogP contribution < -0.4 is 5.32 Å². The van der Waals surface area contributed by atoms with Gasteiger partial charge in [-0.05, 0) is 57.2 Å². The van der Waals surface area contributed by atoms with E-state index in [0.29, 0.717) is 6.04 Å².